The zero-order valence-corrected chi connectivity index (χ0v) is 15.4. The first-order chi connectivity index (χ1) is 12.3. The third kappa shape index (κ3) is 4.30. The van der Waals surface area contributed by atoms with Crippen molar-refractivity contribution < 1.29 is 13.2 Å². The number of fused-ring (bicyclic) bond motifs is 1. The van der Waals surface area contributed by atoms with Gasteiger partial charge in [-0.3, -0.25) is 9.52 Å². The Morgan fingerprint density at radius 3 is 2.73 bits per heavy atom. The van der Waals surface area contributed by atoms with Crippen molar-refractivity contribution in [1.29, 1.82) is 0 Å². The third-order valence-electron chi connectivity index (χ3n) is 3.90. The highest BCUT2D eigenvalue weighted by Gasteiger charge is 2.22. The summed E-state index contributed by atoms with van der Waals surface area (Å²) in [5, 5.41) is 5.89. The van der Waals surface area contributed by atoms with E-state index in [9.17, 15) is 13.2 Å². The number of anilines is 3. The van der Waals surface area contributed by atoms with Crippen LogP contribution in [0.4, 0.5) is 17.2 Å². The maximum absolute atomic E-state index is 12.5. The summed E-state index contributed by atoms with van der Waals surface area (Å²) in [6.45, 7) is 1.64. The molecule has 3 N–H and O–H groups in total. The van der Waals surface area contributed by atoms with Crippen LogP contribution in [-0.4, -0.2) is 51.4 Å². The molecule has 0 fully saturated rings. The van der Waals surface area contributed by atoms with Gasteiger partial charge >= 0.3 is 0 Å². The number of rotatable bonds is 7. The topological polar surface area (TPSA) is 103 Å². The van der Waals surface area contributed by atoms with Crippen LogP contribution in [0.5, 0.6) is 0 Å². The van der Waals surface area contributed by atoms with E-state index in [4.69, 9.17) is 0 Å². The molecule has 0 radical (unpaired) electrons. The third-order valence-corrected chi connectivity index (χ3v) is 5.26. The molecule has 0 unspecified atom stereocenters. The average molecular weight is 375 g/mol. The van der Waals surface area contributed by atoms with Gasteiger partial charge in [0.25, 0.3) is 10.0 Å². The highest BCUT2D eigenvalue weighted by molar-refractivity contribution is 7.92. The lowest BCUT2D eigenvalue weighted by atomic mass is 10.2. The first kappa shape index (κ1) is 18.2. The molecule has 1 aromatic carbocycles. The number of nitrogens with one attached hydrogen (secondary N) is 3. The van der Waals surface area contributed by atoms with E-state index in [-0.39, 0.29) is 23.0 Å². The zero-order valence-electron chi connectivity index (χ0n) is 14.6. The van der Waals surface area contributed by atoms with Crippen molar-refractivity contribution in [3.05, 3.63) is 42.1 Å². The number of pyridine rings is 1. The average Bonchev–Trinajstić information content (AvgIpc) is 2.95. The summed E-state index contributed by atoms with van der Waals surface area (Å²) in [5.74, 6) is 0.0967. The lowest BCUT2D eigenvalue weighted by Crippen LogP contribution is -2.20. The summed E-state index contributed by atoms with van der Waals surface area (Å²) in [5.41, 5.74) is 2.14. The van der Waals surface area contributed by atoms with Crippen LogP contribution in [0.15, 0.2) is 41.4 Å². The van der Waals surface area contributed by atoms with Crippen molar-refractivity contribution in [2.24, 2.45) is 0 Å². The number of sulfonamides is 1. The molecular weight excluding hydrogens is 354 g/mol. The molecule has 1 aliphatic heterocycles. The summed E-state index contributed by atoms with van der Waals surface area (Å²) >= 11 is 0. The molecule has 2 heterocycles. The standard InChI is InChI=1S/C17H21N5O3S/c1-22(2)8-7-18-13-3-6-16(19-11-13)21-26(24,25)14-4-5-15-12(9-14)10-17(23)20-15/h3-6,9,11,18H,7-8,10H2,1-2H3,(H,19,21)(H,20,23). The van der Waals surface area contributed by atoms with Gasteiger partial charge in [-0.2, -0.15) is 0 Å². The molecule has 1 aliphatic rings. The second-order valence-electron chi connectivity index (χ2n) is 6.31. The van der Waals surface area contributed by atoms with E-state index in [0.29, 0.717) is 11.3 Å². The summed E-state index contributed by atoms with van der Waals surface area (Å²) < 4.78 is 27.5. The first-order valence-electron chi connectivity index (χ1n) is 8.14. The van der Waals surface area contributed by atoms with Gasteiger partial charge in [-0.15, -0.1) is 0 Å². The molecule has 9 heteroatoms. The second kappa shape index (κ2) is 7.30. The minimum Gasteiger partial charge on any atom is -0.383 e. The Morgan fingerprint density at radius 1 is 1.23 bits per heavy atom. The zero-order chi connectivity index (χ0) is 18.7. The lowest BCUT2D eigenvalue weighted by molar-refractivity contribution is -0.115. The molecule has 138 valence electrons. The van der Waals surface area contributed by atoms with Crippen LogP contribution >= 0.6 is 0 Å². The lowest BCUT2D eigenvalue weighted by Gasteiger charge is -2.12. The van der Waals surface area contributed by atoms with Crippen molar-refractivity contribution in [1.82, 2.24) is 9.88 Å². The van der Waals surface area contributed by atoms with Gasteiger partial charge in [0.2, 0.25) is 5.91 Å². The molecule has 0 saturated carbocycles. The summed E-state index contributed by atoms with van der Waals surface area (Å²) in [6.07, 6.45) is 1.77. The van der Waals surface area contributed by atoms with Crippen LogP contribution in [0.1, 0.15) is 5.56 Å². The van der Waals surface area contributed by atoms with Crippen LogP contribution in [-0.2, 0) is 21.2 Å². The summed E-state index contributed by atoms with van der Waals surface area (Å²) in [6, 6.07) is 7.94. The smallest absolute Gasteiger partial charge is 0.263 e. The molecule has 0 atom stereocenters. The number of hydrogen-bond donors (Lipinski definition) is 3. The maximum atomic E-state index is 12.5. The van der Waals surface area contributed by atoms with Crippen LogP contribution in [0, 0.1) is 0 Å². The van der Waals surface area contributed by atoms with E-state index >= 15 is 0 Å². The molecule has 26 heavy (non-hydrogen) atoms. The number of carbonyl (C=O) groups excluding carboxylic acids is 1. The van der Waals surface area contributed by atoms with Crippen molar-refractivity contribution in [3.8, 4) is 0 Å². The molecule has 0 aliphatic carbocycles. The number of carbonyl (C=O) groups is 1. The van der Waals surface area contributed by atoms with Gasteiger partial charge < -0.3 is 15.5 Å². The van der Waals surface area contributed by atoms with Gasteiger partial charge in [-0.05, 0) is 50.0 Å². The number of amides is 1. The number of nitrogens with zero attached hydrogens (tertiary/aromatic N) is 2. The molecule has 2 aromatic rings. The normalized spacial score (nSPS) is 13.4. The molecular formula is C17H21N5O3S. The van der Waals surface area contributed by atoms with Crippen molar-refractivity contribution in [2.45, 2.75) is 11.3 Å². The molecule has 8 nitrogen and oxygen atoms in total. The quantitative estimate of drug-likeness (QED) is 0.675. The van der Waals surface area contributed by atoms with Gasteiger partial charge in [0.1, 0.15) is 5.82 Å². The van der Waals surface area contributed by atoms with E-state index in [1.165, 1.54) is 12.1 Å². The minimum absolute atomic E-state index is 0.0998. The van der Waals surface area contributed by atoms with E-state index in [0.717, 1.165) is 18.8 Å². The Morgan fingerprint density at radius 2 is 2.04 bits per heavy atom. The fourth-order valence-electron chi connectivity index (χ4n) is 2.55. The van der Waals surface area contributed by atoms with E-state index in [1.54, 1.807) is 24.4 Å². The van der Waals surface area contributed by atoms with Gasteiger partial charge in [0.05, 0.1) is 23.2 Å². The molecule has 1 aromatic heterocycles. The predicted molar refractivity (Wildman–Crippen MR) is 101 cm³/mol. The minimum atomic E-state index is -3.77. The van der Waals surface area contributed by atoms with Gasteiger partial charge in [0.15, 0.2) is 0 Å². The highest BCUT2D eigenvalue weighted by atomic mass is 32.2. The number of aromatic nitrogens is 1. The molecule has 0 saturated heterocycles. The predicted octanol–water partition coefficient (Wildman–Crippen LogP) is 1.35. The largest absolute Gasteiger partial charge is 0.383 e. The van der Waals surface area contributed by atoms with Crippen molar-refractivity contribution >= 4 is 33.1 Å². The fourth-order valence-corrected chi connectivity index (χ4v) is 3.61. The fraction of sp³-hybridized carbons (Fsp3) is 0.294. The molecule has 1 amide bonds. The number of likely N-dealkylation sites (N-methyl/N-ethyl adjacent to an activating group) is 1. The molecule has 0 bridgehead atoms. The van der Waals surface area contributed by atoms with Crippen molar-refractivity contribution in [2.75, 3.05) is 42.5 Å². The number of benzene rings is 1. The van der Waals surface area contributed by atoms with E-state index in [2.05, 4.69) is 25.2 Å². The van der Waals surface area contributed by atoms with Crippen LogP contribution < -0.4 is 15.4 Å². The van der Waals surface area contributed by atoms with Gasteiger partial charge in [-0.1, -0.05) is 0 Å². The highest BCUT2D eigenvalue weighted by Crippen LogP contribution is 2.26. The summed E-state index contributed by atoms with van der Waals surface area (Å²) in [7, 11) is 0.206. The Balaban J connectivity index is 1.68. The van der Waals surface area contributed by atoms with Crippen molar-refractivity contribution in [3.63, 3.8) is 0 Å². The summed E-state index contributed by atoms with van der Waals surface area (Å²) in [4.78, 5) is 17.7. The Labute approximate surface area is 152 Å². The van der Waals surface area contributed by atoms with Crippen LogP contribution in [0.3, 0.4) is 0 Å². The monoisotopic (exact) mass is 375 g/mol. The second-order valence-corrected chi connectivity index (χ2v) is 7.99. The van der Waals surface area contributed by atoms with Crippen LogP contribution in [0.25, 0.3) is 0 Å². The first-order valence-corrected chi connectivity index (χ1v) is 9.62. The molecule has 3 rings (SSSR count). The van der Waals surface area contributed by atoms with Gasteiger partial charge in [-0.25, -0.2) is 13.4 Å². The maximum Gasteiger partial charge on any atom is 0.263 e. The SMILES string of the molecule is CN(C)CCNc1ccc(NS(=O)(=O)c2ccc3c(c2)CC(=O)N3)nc1. The Hall–Kier alpha value is -2.65. The Kier molecular flexibility index (Phi) is 5.10. The molecule has 0 spiro atoms. The van der Waals surface area contributed by atoms with Gasteiger partial charge in [0, 0.05) is 18.8 Å². The van der Waals surface area contributed by atoms with E-state index in [1.807, 2.05) is 14.1 Å². The Bertz CT molecular complexity index is 910. The van der Waals surface area contributed by atoms with Crippen LogP contribution in [0.2, 0.25) is 0 Å². The number of hydrogen-bond acceptors (Lipinski definition) is 6. The van der Waals surface area contributed by atoms with E-state index < -0.39 is 10.0 Å².